The van der Waals surface area contributed by atoms with Gasteiger partial charge in [-0.25, -0.2) is 4.79 Å². The van der Waals surface area contributed by atoms with Crippen molar-refractivity contribution < 1.29 is 19.0 Å². The average Bonchev–Trinajstić information content (AvgIpc) is 2.86. The van der Waals surface area contributed by atoms with Gasteiger partial charge in [0.25, 0.3) is 0 Å². The van der Waals surface area contributed by atoms with E-state index >= 15 is 0 Å². The fourth-order valence-electron chi connectivity index (χ4n) is 3.92. The maximum absolute atomic E-state index is 12.5. The van der Waals surface area contributed by atoms with Gasteiger partial charge in [0.15, 0.2) is 0 Å². The van der Waals surface area contributed by atoms with E-state index in [1.54, 1.807) is 42.5 Å². The molecule has 0 saturated carbocycles. The predicted octanol–water partition coefficient (Wildman–Crippen LogP) is 6.46. The fraction of sp³-hybridized carbons (Fsp3) is 0.214. The fourth-order valence-corrected chi connectivity index (χ4v) is 4.18. The zero-order valence-corrected chi connectivity index (χ0v) is 20.9. The minimum absolute atomic E-state index is 0.0238. The molecule has 35 heavy (non-hydrogen) atoms. The van der Waals surface area contributed by atoms with Gasteiger partial charge < -0.3 is 19.9 Å². The highest BCUT2D eigenvalue weighted by atomic mass is 79.9. The minimum atomic E-state index is -0.487. The first-order valence-corrected chi connectivity index (χ1v) is 12.2. The second kappa shape index (κ2) is 11.1. The lowest BCUT2D eigenvalue weighted by Gasteiger charge is -2.27. The van der Waals surface area contributed by atoms with Crippen molar-refractivity contribution in [2.24, 2.45) is 5.73 Å². The highest BCUT2D eigenvalue weighted by molar-refractivity contribution is 9.10. The van der Waals surface area contributed by atoms with Crippen molar-refractivity contribution in [3.05, 3.63) is 99.3 Å². The number of nitrogens with two attached hydrogens (primary N) is 1. The predicted molar refractivity (Wildman–Crippen MR) is 136 cm³/mol. The van der Waals surface area contributed by atoms with Crippen LogP contribution in [0.3, 0.4) is 0 Å². The summed E-state index contributed by atoms with van der Waals surface area (Å²) >= 11 is 3.35. The van der Waals surface area contributed by atoms with Gasteiger partial charge in [0.1, 0.15) is 28.9 Å². The molecule has 0 aromatic heterocycles. The number of hydrogen-bond donors (Lipinski definition) is 1. The summed E-state index contributed by atoms with van der Waals surface area (Å²) in [6, 6.07) is 21.9. The van der Waals surface area contributed by atoms with Gasteiger partial charge in [0, 0.05) is 16.1 Å². The number of rotatable bonds is 8. The number of allylic oxidation sites excluding steroid dienone is 1. The van der Waals surface area contributed by atoms with Crippen LogP contribution in [0.5, 0.6) is 17.2 Å². The molecular weight excluding hydrogens is 508 g/mol. The third kappa shape index (κ3) is 5.67. The number of ether oxygens (including phenoxy) is 3. The Kier molecular flexibility index (Phi) is 7.74. The summed E-state index contributed by atoms with van der Waals surface area (Å²) in [5.41, 5.74) is 8.49. The first kappa shape index (κ1) is 24.4. The van der Waals surface area contributed by atoms with Gasteiger partial charge >= 0.3 is 5.97 Å². The number of esters is 1. The molecule has 6 nitrogen and oxygen atoms in total. The number of unbranched alkanes of at least 4 members (excludes halogenated alkanes) is 2. The monoisotopic (exact) mass is 532 g/mol. The Balaban J connectivity index is 1.61. The van der Waals surface area contributed by atoms with E-state index in [9.17, 15) is 10.1 Å². The zero-order valence-electron chi connectivity index (χ0n) is 19.3. The molecule has 178 valence electrons. The van der Waals surface area contributed by atoms with E-state index in [2.05, 4.69) is 28.9 Å². The summed E-state index contributed by atoms with van der Waals surface area (Å²) in [5, 5.41) is 9.84. The van der Waals surface area contributed by atoms with Crippen LogP contribution in [0.15, 0.2) is 82.7 Å². The van der Waals surface area contributed by atoms with Gasteiger partial charge in [-0.1, -0.05) is 53.9 Å². The summed E-state index contributed by atoms with van der Waals surface area (Å²) in [4.78, 5) is 12.5. The number of halogens is 1. The average molecular weight is 533 g/mol. The van der Waals surface area contributed by atoms with Gasteiger partial charge in [0.2, 0.25) is 5.88 Å². The lowest BCUT2D eigenvalue weighted by molar-refractivity contribution is 0.0734. The Bertz CT molecular complexity index is 1300. The maximum Gasteiger partial charge on any atom is 0.343 e. The van der Waals surface area contributed by atoms with Crippen LogP contribution < -0.4 is 19.9 Å². The molecular formula is C28H25BrN2O4. The van der Waals surface area contributed by atoms with Gasteiger partial charge in [-0.05, 0) is 54.4 Å². The first-order valence-electron chi connectivity index (χ1n) is 11.4. The lowest BCUT2D eigenvalue weighted by Crippen LogP contribution is -2.21. The van der Waals surface area contributed by atoms with Crippen molar-refractivity contribution in [2.45, 2.75) is 32.1 Å². The Hall–Kier alpha value is -3.76. The summed E-state index contributed by atoms with van der Waals surface area (Å²) in [7, 11) is 0. The number of carbonyl (C=O) groups excluding carboxylic acids is 1. The summed E-state index contributed by atoms with van der Waals surface area (Å²) in [5.74, 6) is 0.592. The Morgan fingerprint density at radius 3 is 2.63 bits per heavy atom. The van der Waals surface area contributed by atoms with E-state index in [1.807, 2.05) is 24.3 Å². The largest absolute Gasteiger partial charge is 0.494 e. The normalized spacial score (nSPS) is 14.5. The first-order chi connectivity index (χ1) is 17.0. The number of benzene rings is 3. The van der Waals surface area contributed by atoms with Crippen molar-refractivity contribution in [3.8, 4) is 23.3 Å². The van der Waals surface area contributed by atoms with Crippen LogP contribution >= 0.6 is 15.9 Å². The van der Waals surface area contributed by atoms with Crippen LogP contribution in [0.1, 0.15) is 53.6 Å². The molecule has 0 fully saturated rings. The molecule has 1 aliphatic heterocycles. The van der Waals surface area contributed by atoms with Gasteiger partial charge in [-0.15, -0.1) is 0 Å². The van der Waals surface area contributed by atoms with Crippen LogP contribution in [0.2, 0.25) is 0 Å². The summed E-state index contributed by atoms with van der Waals surface area (Å²) in [6.07, 6.45) is 3.22. The molecule has 1 heterocycles. The van der Waals surface area contributed by atoms with Crippen molar-refractivity contribution in [1.82, 2.24) is 0 Å². The number of nitrogens with zero attached hydrogens (tertiary/aromatic N) is 1. The van der Waals surface area contributed by atoms with E-state index in [4.69, 9.17) is 19.9 Å². The standard InChI is InChI=1S/C28H25BrN2O4/c1-2-3-4-14-33-21-7-5-6-19(15-21)26-23-13-12-22(16-25(23)35-27(31)24(26)17-30)34-28(32)18-8-10-20(29)11-9-18/h5-13,15-16,26H,2-4,14,31H2,1H3. The van der Waals surface area contributed by atoms with E-state index in [-0.39, 0.29) is 5.88 Å². The van der Waals surface area contributed by atoms with Crippen molar-refractivity contribution in [1.29, 1.82) is 5.26 Å². The Morgan fingerprint density at radius 2 is 1.89 bits per heavy atom. The second-order valence-corrected chi connectivity index (χ2v) is 9.06. The third-order valence-corrected chi connectivity index (χ3v) is 6.22. The highest BCUT2D eigenvalue weighted by Crippen LogP contribution is 2.44. The molecule has 0 bridgehead atoms. The summed E-state index contributed by atoms with van der Waals surface area (Å²) in [6.45, 7) is 2.79. The molecule has 4 rings (SSSR count). The van der Waals surface area contributed by atoms with Gasteiger partial charge in [-0.2, -0.15) is 5.26 Å². The van der Waals surface area contributed by atoms with Crippen LogP contribution in [0, 0.1) is 11.3 Å². The third-order valence-electron chi connectivity index (χ3n) is 5.69. The van der Waals surface area contributed by atoms with E-state index in [1.165, 1.54) is 0 Å². The number of carbonyl (C=O) groups is 1. The van der Waals surface area contributed by atoms with Crippen molar-refractivity contribution in [3.63, 3.8) is 0 Å². The SMILES string of the molecule is CCCCCOc1cccc(C2C(C#N)=C(N)Oc3cc(OC(=O)c4ccc(Br)cc4)ccc32)c1. The molecule has 0 amide bonds. The number of fused-ring (bicyclic) bond motifs is 1. The van der Waals surface area contributed by atoms with Gasteiger partial charge in [-0.3, -0.25) is 0 Å². The van der Waals surface area contributed by atoms with Crippen LogP contribution in [0.4, 0.5) is 0 Å². The van der Waals surface area contributed by atoms with E-state index in [0.29, 0.717) is 29.2 Å². The molecule has 0 aliphatic carbocycles. The van der Waals surface area contributed by atoms with Crippen molar-refractivity contribution >= 4 is 21.9 Å². The molecule has 0 radical (unpaired) electrons. The molecule has 0 saturated heterocycles. The maximum atomic E-state index is 12.5. The summed E-state index contributed by atoms with van der Waals surface area (Å²) < 4.78 is 18.1. The van der Waals surface area contributed by atoms with Crippen LogP contribution in [0.25, 0.3) is 0 Å². The van der Waals surface area contributed by atoms with Crippen molar-refractivity contribution in [2.75, 3.05) is 6.61 Å². The number of nitriles is 1. The molecule has 7 heteroatoms. The topological polar surface area (TPSA) is 94.6 Å². The minimum Gasteiger partial charge on any atom is -0.494 e. The highest BCUT2D eigenvalue weighted by Gasteiger charge is 2.31. The lowest BCUT2D eigenvalue weighted by atomic mass is 9.83. The Labute approximate surface area is 213 Å². The second-order valence-electron chi connectivity index (χ2n) is 8.15. The molecule has 3 aromatic carbocycles. The molecule has 3 aromatic rings. The number of hydrogen-bond acceptors (Lipinski definition) is 6. The van der Waals surface area contributed by atoms with Gasteiger partial charge in [0.05, 0.1) is 18.1 Å². The van der Waals surface area contributed by atoms with E-state index in [0.717, 1.165) is 40.6 Å². The molecule has 1 unspecified atom stereocenters. The molecule has 0 spiro atoms. The molecule has 1 aliphatic rings. The smallest absolute Gasteiger partial charge is 0.343 e. The quantitative estimate of drug-likeness (QED) is 0.203. The van der Waals surface area contributed by atoms with Crippen LogP contribution in [-0.2, 0) is 0 Å². The molecule has 2 N–H and O–H groups in total. The Morgan fingerprint density at radius 1 is 1.09 bits per heavy atom. The zero-order chi connectivity index (χ0) is 24.8. The van der Waals surface area contributed by atoms with E-state index < -0.39 is 11.9 Å². The van der Waals surface area contributed by atoms with Crippen LogP contribution in [-0.4, -0.2) is 12.6 Å². The molecule has 1 atom stereocenters.